The van der Waals surface area contributed by atoms with Crippen LogP contribution >= 0.6 is 0 Å². The van der Waals surface area contributed by atoms with Crippen LogP contribution in [0.4, 0.5) is 4.39 Å². The first-order chi connectivity index (χ1) is 7.58. The molecule has 1 aromatic rings. The van der Waals surface area contributed by atoms with Gasteiger partial charge in [-0.1, -0.05) is 13.0 Å². The van der Waals surface area contributed by atoms with Crippen LogP contribution in [0.5, 0.6) is 5.75 Å². The summed E-state index contributed by atoms with van der Waals surface area (Å²) in [6.07, 6.45) is 1.61. The number of carboxylic acid groups (broad SMARTS) is 1. The number of carboxylic acids is 1. The summed E-state index contributed by atoms with van der Waals surface area (Å²) in [5.74, 6) is -1.38. The number of halogens is 1. The van der Waals surface area contributed by atoms with E-state index in [0.29, 0.717) is 17.6 Å². The number of allylic oxidation sites excluding steroid dienone is 1. The summed E-state index contributed by atoms with van der Waals surface area (Å²) in [6, 6.07) is 4.40. The lowest BCUT2D eigenvalue weighted by molar-refractivity contribution is -0.131. The molecule has 0 aliphatic heterocycles. The molecule has 3 nitrogen and oxygen atoms in total. The summed E-state index contributed by atoms with van der Waals surface area (Å²) < 4.78 is 18.2. The van der Waals surface area contributed by atoms with Crippen LogP contribution in [0.2, 0.25) is 0 Å². The van der Waals surface area contributed by atoms with Crippen LogP contribution in [0.3, 0.4) is 0 Å². The first-order valence-corrected chi connectivity index (χ1v) is 4.86. The van der Waals surface area contributed by atoms with E-state index in [1.165, 1.54) is 19.2 Å². The molecule has 16 heavy (non-hydrogen) atoms. The Morgan fingerprint density at radius 2 is 2.25 bits per heavy atom. The summed E-state index contributed by atoms with van der Waals surface area (Å²) in [7, 11) is 1.38. The quantitative estimate of drug-likeness (QED) is 0.800. The van der Waals surface area contributed by atoms with Crippen molar-refractivity contribution in [2.24, 2.45) is 0 Å². The maximum Gasteiger partial charge on any atom is 0.328 e. The summed E-state index contributed by atoms with van der Waals surface area (Å²) in [5.41, 5.74) is 1.14. The molecule has 0 aliphatic carbocycles. The Morgan fingerprint density at radius 3 is 2.69 bits per heavy atom. The zero-order valence-corrected chi connectivity index (χ0v) is 9.16. The molecular formula is C12H13FO3. The van der Waals surface area contributed by atoms with Crippen LogP contribution in [0, 0.1) is 5.82 Å². The number of benzene rings is 1. The molecule has 1 aromatic carbocycles. The molecule has 1 N–H and O–H groups in total. The van der Waals surface area contributed by atoms with Crippen LogP contribution in [0.15, 0.2) is 24.3 Å². The summed E-state index contributed by atoms with van der Waals surface area (Å²) in [6.45, 7) is 1.82. The Kier molecular flexibility index (Phi) is 4.05. The van der Waals surface area contributed by atoms with Crippen LogP contribution < -0.4 is 4.74 Å². The van der Waals surface area contributed by atoms with E-state index in [9.17, 15) is 9.18 Å². The van der Waals surface area contributed by atoms with Gasteiger partial charge in [-0.05, 0) is 29.7 Å². The predicted octanol–water partition coefficient (Wildman–Crippen LogP) is 2.71. The SMILES string of the molecule is CC/C(=C\C(=O)O)c1ccc(OC)c(F)c1. The van der Waals surface area contributed by atoms with Gasteiger partial charge in [0.05, 0.1) is 7.11 Å². The van der Waals surface area contributed by atoms with Crippen molar-refractivity contribution in [1.29, 1.82) is 0 Å². The van der Waals surface area contributed by atoms with Gasteiger partial charge in [-0.25, -0.2) is 9.18 Å². The average molecular weight is 224 g/mol. The van der Waals surface area contributed by atoms with Crippen LogP contribution in [-0.4, -0.2) is 18.2 Å². The van der Waals surface area contributed by atoms with E-state index in [4.69, 9.17) is 9.84 Å². The van der Waals surface area contributed by atoms with Gasteiger partial charge < -0.3 is 9.84 Å². The fraction of sp³-hybridized carbons (Fsp3) is 0.250. The van der Waals surface area contributed by atoms with Crippen LogP contribution in [-0.2, 0) is 4.79 Å². The largest absolute Gasteiger partial charge is 0.494 e. The maximum absolute atomic E-state index is 13.4. The van der Waals surface area contributed by atoms with Gasteiger partial charge in [0.1, 0.15) is 0 Å². The summed E-state index contributed by atoms with van der Waals surface area (Å²) in [5, 5.41) is 8.65. The number of methoxy groups -OCH3 is 1. The van der Waals surface area contributed by atoms with Crippen molar-refractivity contribution in [2.45, 2.75) is 13.3 Å². The van der Waals surface area contributed by atoms with Crippen molar-refractivity contribution in [1.82, 2.24) is 0 Å². The number of hydrogen-bond donors (Lipinski definition) is 1. The van der Waals surface area contributed by atoms with Gasteiger partial charge in [-0.2, -0.15) is 0 Å². The lowest BCUT2D eigenvalue weighted by atomic mass is 10.0. The maximum atomic E-state index is 13.4. The number of rotatable bonds is 4. The molecule has 0 unspecified atom stereocenters. The highest BCUT2D eigenvalue weighted by Gasteiger charge is 2.07. The molecule has 0 bridgehead atoms. The number of ether oxygens (including phenoxy) is 1. The molecule has 0 atom stereocenters. The second-order valence-corrected chi connectivity index (χ2v) is 3.21. The Morgan fingerprint density at radius 1 is 1.56 bits per heavy atom. The van der Waals surface area contributed by atoms with Gasteiger partial charge in [-0.3, -0.25) is 0 Å². The zero-order valence-electron chi connectivity index (χ0n) is 9.16. The molecule has 0 saturated carbocycles. The third kappa shape index (κ3) is 2.82. The third-order valence-corrected chi connectivity index (χ3v) is 2.20. The van der Waals surface area contributed by atoms with Crippen molar-refractivity contribution in [2.75, 3.05) is 7.11 Å². The van der Waals surface area contributed by atoms with Crippen molar-refractivity contribution in [3.05, 3.63) is 35.7 Å². The lowest BCUT2D eigenvalue weighted by Crippen LogP contribution is -1.94. The monoisotopic (exact) mass is 224 g/mol. The first-order valence-electron chi connectivity index (χ1n) is 4.86. The minimum atomic E-state index is -1.03. The smallest absolute Gasteiger partial charge is 0.328 e. The second-order valence-electron chi connectivity index (χ2n) is 3.21. The van der Waals surface area contributed by atoms with Gasteiger partial charge >= 0.3 is 5.97 Å². The molecule has 0 aromatic heterocycles. The average Bonchev–Trinajstić information content (AvgIpc) is 2.25. The molecule has 4 heteroatoms. The van der Waals surface area contributed by atoms with E-state index in [2.05, 4.69) is 0 Å². The van der Waals surface area contributed by atoms with Crippen molar-refractivity contribution >= 4 is 11.5 Å². The summed E-state index contributed by atoms with van der Waals surface area (Å²) >= 11 is 0. The van der Waals surface area contributed by atoms with E-state index >= 15 is 0 Å². The molecular weight excluding hydrogens is 211 g/mol. The number of hydrogen-bond acceptors (Lipinski definition) is 2. The molecule has 0 aliphatic rings. The highest BCUT2D eigenvalue weighted by Crippen LogP contribution is 2.24. The van der Waals surface area contributed by atoms with Crippen LogP contribution in [0.1, 0.15) is 18.9 Å². The fourth-order valence-corrected chi connectivity index (χ4v) is 1.40. The van der Waals surface area contributed by atoms with E-state index in [1.807, 2.05) is 6.92 Å². The Hall–Kier alpha value is -1.84. The van der Waals surface area contributed by atoms with E-state index in [-0.39, 0.29) is 5.75 Å². The molecule has 0 amide bonds. The number of carbonyl (C=O) groups is 1. The molecule has 0 fully saturated rings. The molecule has 0 radical (unpaired) electrons. The van der Waals surface area contributed by atoms with Crippen LogP contribution in [0.25, 0.3) is 5.57 Å². The van der Waals surface area contributed by atoms with E-state index < -0.39 is 11.8 Å². The van der Waals surface area contributed by atoms with Crippen molar-refractivity contribution in [3.8, 4) is 5.75 Å². The second kappa shape index (κ2) is 5.30. The molecule has 0 saturated heterocycles. The van der Waals surface area contributed by atoms with Gasteiger partial charge in [0.25, 0.3) is 0 Å². The molecule has 0 spiro atoms. The third-order valence-electron chi connectivity index (χ3n) is 2.20. The Balaban J connectivity index is 3.13. The lowest BCUT2D eigenvalue weighted by Gasteiger charge is -2.06. The van der Waals surface area contributed by atoms with Gasteiger partial charge in [0, 0.05) is 6.08 Å². The van der Waals surface area contributed by atoms with E-state index in [0.717, 1.165) is 6.08 Å². The van der Waals surface area contributed by atoms with Crippen molar-refractivity contribution < 1.29 is 19.0 Å². The summed E-state index contributed by atoms with van der Waals surface area (Å²) in [4.78, 5) is 10.6. The fourth-order valence-electron chi connectivity index (χ4n) is 1.40. The van der Waals surface area contributed by atoms with Gasteiger partial charge in [0.2, 0.25) is 0 Å². The molecule has 86 valence electrons. The Labute approximate surface area is 93.2 Å². The molecule has 1 rings (SSSR count). The Bertz CT molecular complexity index is 424. The molecule has 0 heterocycles. The highest BCUT2D eigenvalue weighted by molar-refractivity contribution is 5.90. The predicted molar refractivity (Wildman–Crippen MR) is 58.9 cm³/mol. The minimum absolute atomic E-state index is 0.148. The normalized spacial score (nSPS) is 11.3. The van der Waals surface area contributed by atoms with Gasteiger partial charge in [-0.15, -0.1) is 0 Å². The number of aliphatic carboxylic acids is 1. The van der Waals surface area contributed by atoms with E-state index in [1.54, 1.807) is 6.07 Å². The standard InChI is InChI=1S/C12H13FO3/c1-3-8(7-12(14)15)9-4-5-11(16-2)10(13)6-9/h4-7H,3H2,1-2H3,(H,14,15)/b8-7+. The topological polar surface area (TPSA) is 46.5 Å². The van der Waals surface area contributed by atoms with Gasteiger partial charge in [0.15, 0.2) is 11.6 Å². The highest BCUT2D eigenvalue weighted by atomic mass is 19.1. The zero-order chi connectivity index (χ0) is 12.1. The first kappa shape index (κ1) is 12.2. The minimum Gasteiger partial charge on any atom is -0.494 e. The van der Waals surface area contributed by atoms with Crippen molar-refractivity contribution in [3.63, 3.8) is 0 Å².